The summed E-state index contributed by atoms with van der Waals surface area (Å²) in [5.41, 5.74) is 6.17. The maximum Gasteiger partial charge on any atom is 0.410 e. The fourth-order valence-corrected chi connectivity index (χ4v) is 7.23. The Kier molecular flexibility index (Phi) is 9.52. The molecule has 8 rings (SSSR count). The van der Waals surface area contributed by atoms with Gasteiger partial charge >= 0.3 is 6.09 Å². The molecule has 2 amide bonds. The second-order valence-corrected chi connectivity index (χ2v) is 13.2. The number of amides is 2. The predicted molar refractivity (Wildman–Crippen MR) is 201 cm³/mol. The van der Waals surface area contributed by atoms with Crippen molar-refractivity contribution in [2.24, 2.45) is 0 Å². The lowest BCUT2D eigenvalue weighted by atomic mass is 9.87. The molecule has 0 N–H and O–H groups in total. The summed E-state index contributed by atoms with van der Waals surface area (Å²) in [6.45, 7) is 2.16. The Labute approximate surface area is 303 Å². The third-order valence-electron chi connectivity index (χ3n) is 9.86. The van der Waals surface area contributed by atoms with Crippen molar-refractivity contribution in [1.82, 2.24) is 9.88 Å². The van der Waals surface area contributed by atoms with Crippen molar-refractivity contribution >= 4 is 34.1 Å². The van der Waals surface area contributed by atoms with Crippen LogP contribution in [0.3, 0.4) is 0 Å². The molecule has 1 saturated heterocycles. The standard InChI is InChI=1S/C44H39N3O5/c48-43-37-22-21-35(34-18-11-26-46(27-25-34)44(49)52-30-33-16-8-3-9-17-33)36-19-10-20-38(41(36)37)47(43)39-23-24-40(50-28-31-12-4-1-5-13-31)45-42(39)51-29-32-14-6-2-7-15-32/h1-10,12-17,19-24,34H,11,18,25-30H2. The van der Waals surface area contributed by atoms with Gasteiger partial charge in [-0.1, -0.05) is 109 Å². The topological polar surface area (TPSA) is 81.2 Å². The molecule has 5 aromatic carbocycles. The van der Waals surface area contributed by atoms with Crippen LogP contribution in [0.25, 0.3) is 10.8 Å². The van der Waals surface area contributed by atoms with Crippen LogP contribution in [0.5, 0.6) is 11.8 Å². The van der Waals surface area contributed by atoms with Crippen LogP contribution in [0.1, 0.15) is 57.8 Å². The number of nitrogens with zero attached hydrogens (tertiary/aromatic N) is 3. The van der Waals surface area contributed by atoms with E-state index in [1.54, 1.807) is 11.0 Å². The molecular formula is C44H39N3O5. The Hall–Kier alpha value is -6.15. The summed E-state index contributed by atoms with van der Waals surface area (Å²) in [6, 6.07) is 43.4. The van der Waals surface area contributed by atoms with E-state index >= 15 is 0 Å². The molecule has 6 aromatic rings. The van der Waals surface area contributed by atoms with E-state index in [-0.39, 0.29) is 31.1 Å². The van der Waals surface area contributed by atoms with Crippen LogP contribution < -0.4 is 14.4 Å². The third kappa shape index (κ3) is 6.92. The number of carbonyl (C=O) groups is 2. The Morgan fingerprint density at radius 3 is 2.04 bits per heavy atom. The highest BCUT2D eigenvalue weighted by Crippen LogP contribution is 2.47. The molecule has 0 saturated carbocycles. The van der Waals surface area contributed by atoms with E-state index in [2.05, 4.69) is 12.1 Å². The summed E-state index contributed by atoms with van der Waals surface area (Å²) in [7, 11) is 0. The van der Waals surface area contributed by atoms with Gasteiger partial charge in [0, 0.05) is 24.5 Å². The zero-order chi connectivity index (χ0) is 35.3. The zero-order valence-electron chi connectivity index (χ0n) is 28.8. The van der Waals surface area contributed by atoms with Crippen LogP contribution >= 0.6 is 0 Å². The van der Waals surface area contributed by atoms with E-state index < -0.39 is 0 Å². The molecule has 260 valence electrons. The van der Waals surface area contributed by atoms with Crippen LogP contribution in [0, 0.1) is 0 Å². The van der Waals surface area contributed by atoms with Gasteiger partial charge in [-0.15, -0.1) is 0 Å². The number of likely N-dealkylation sites (tertiary alicyclic amines) is 1. The van der Waals surface area contributed by atoms with E-state index in [0.717, 1.165) is 52.4 Å². The highest BCUT2D eigenvalue weighted by Gasteiger charge is 2.35. The minimum Gasteiger partial charge on any atom is -0.473 e. The molecule has 0 bridgehead atoms. The summed E-state index contributed by atoms with van der Waals surface area (Å²) in [4.78, 5) is 35.6. The average molecular weight is 690 g/mol. The Morgan fingerprint density at radius 1 is 0.654 bits per heavy atom. The van der Waals surface area contributed by atoms with Gasteiger partial charge in [-0.3, -0.25) is 9.69 Å². The number of aromatic nitrogens is 1. The molecule has 0 spiro atoms. The quantitative estimate of drug-likeness (QED) is 0.143. The first kappa shape index (κ1) is 33.0. The Morgan fingerprint density at radius 2 is 1.33 bits per heavy atom. The molecule has 52 heavy (non-hydrogen) atoms. The predicted octanol–water partition coefficient (Wildman–Crippen LogP) is 9.59. The Balaban J connectivity index is 1.06. The van der Waals surface area contributed by atoms with Gasteiger partial charge in [-0.2, -0.15) is 4.98 Å². The number of pyridine rings is 1. The lowest BCUT2D eigenvalue weighted by molar-refractivity contribution is 0.0971. The maximum absolute atomic E-state index is 14.3. The number of rotatable bonds is 10. The van der Waals surface area contributed by atoms with E-state index in [4.69, 9.17) is 19.2 Å². The number of benzene rings is 5. The summed E-state index contributed by atoms with van der Waals surface area (Å²) in [5.74, 6) is 0.825. The van der Waals surface area contributed by atoms with Crippen molar-refractivity contribution in [3.63, 3.8) is 0 Å². The highest BCUT2D eigenvalue weighted by atomic mass is 16.6. The van der Waals surface area contributed by atoms with E-state index in [0.29, 0.717) is 42.7 Å². The molecule has 0 aliphatic carbocycles. The molecule has 1 unspecified atom stereocenters. The van der Waals surface area contributed by atoms with Gasteiger partial charge in [0.1, 0.15) is 25.5 Å². The molecule has 2 aliphatic heterocycles. The minimum atomic E-state index is -0.276. The van der Waals surface area contributed by atoms with Gasteiger partial charge in [0.05, 0.1) is 11.3 Å². The van der Waals surface area contributed by atoms with Crippen LogP contribution in [0.2, 0.25) is 0 Å². The lowest BCUT2D eigenvalue weighted by Crippen LogP contribution is -2.32. The smallest absolute Gasteiger partial charge is 0.410 e. The second-order valence-electron chi connectivity index (χ2n) is 13.2. The first-order valence-electron chi connectivity index (χ1n) is 17.8. The van der Waals surface area contributed by atoms with Crippen LogP contribution in [-0.2, 0) is 24.6 Å². The number of ether oxygens (including phenoxy) is 3. The second kappa shape index (κ2) is 15.0. The molecule has 0 radical (unpaired) electrons. The molecule has 8 heteroatoms. The van der Waals surface area contributed by atoms with Crippen LogP contribution in [-0.4, -0.2) is 35.0 Å². The molecular weight excluding hydrogens is 651 g/mol. The fourth-order valence-electron chi connectivity index (χ4n) is 7.23. The SMILES string of the molecule is O=C(OCc1ccccc1)N1CCCC(c2ccc3c4c(cccc24)N(c2ccc(OCc4ccccc4)nc2OCc2ccccc2)C3=O)CC1. The molecule has 1 aromatic heterocycles. The zero-order valence-corrected chi connectivity index (χ0v) is 28.8. The number of anilines is 2. The molecule has 2 aliphatic rings. The molecule has 8 nitrogen and oxygen atoms in total. The summed E-state index contributed by atoms with van der Waals surface area (Å²) < 4.78 is 18.1. The van der Waals surface area contributed by atoms with Crippen molar-refractivity contribution in [1.29, 1.82) is 0 Å². The van der Waals surface area contributed by atoms with Crippen molar-refractivity contribution in [3.05, 3.63) is 161 Å². The normalized spacial score (nSPS) is 15.4. The van der Waals surface area contributed by atoms with E-state index in [1.165, 1.54) is 5.56 Å². The molecule has 3 heterocycles. The van der Waals surface area contributed by atoms with E-state index in [9.17, 15) is 9.59 Å². The minimum absolute atomic E-state index is 0.129. The van der Waals surface area contributed by atoms with Gasteiger partial charge in [0.15, 0.2) is 0 Å². The number of hydrogen-bond acceptors (Lipinski definition) is 6. The summed E-state index contributed by atoms with van der Waals surface area (Å²) in [5, 5.41) is 1.98. The van der Waals surface area contributed by atoms with Gasteiger partial charge in [-0.05, 0) is 71.0 Å². The largest absolute Gasteiger partial charge is 0.473 e. The Bertz CT molecular complexity index is 2190. The summed E-state index contributed by atoms with van der Waals surface area (Å²) in [6.07, 6.45) is 2.33. The maximum atomic E-state index is 14.3. The lowest BCUT2D eigenvalue weighted by Gasteiger charge is -2.22. The van der Waals surface area contributed by atoms with Crippen molar-refractivity contribution in [2.45, 2.75) is 45.0 Å². The summed E-state index contributed by atoms with van der Waals surface area (Å²) >= 11 is 0. The highest BCUT2D eigenvalue weighted by molar-refractivity contribution is 6.28. The van der Waals surface area contributed by atoms with Gasteiger partial charge in [0.25, 0.3) is 5.91 Å². The first-order valence-corrected chi connectivity index (χ1v) is 17.8. The monoisotopic (exact) mass is 689 g/mol. The third-order valence-corrected chi connectivity index (χ3v) is 9.86. The van der Waals surface area contributed by atoms with Crippen molar-refractivity contribution in [3.8, 4) is 11.8 Å². The fraction of sp³-hybridized carbons (Fsp3) is 0.205. The van der Waals surface area contributed by atoms with E-state index in [1.807, 2.05) is 120 Å². The van der Waals surface area contributed by atoms with Gasteiger partial charge in [-0.25, -0.2) is 4.79 Å². The average Bonchev–Trinajstić information content (AvgIpc) is 3.32. The molecule has 1 fully saturated rings. The van der Waals surface area contributed by atoms with Crippen molar-refractivity contribution in [2.75, 3.05) is 18.0 Å². The van der Waals surface area contributed by atoms with Gasteiger partial charge < -0.3 is 19.1 Å². The van der Waals surface area contributed by atoms with Crippen LogP contribution in [0.4, 0.5) is 16.2 Å². The number of hydrogen-bond donors (Lipinski definition) is 0. The van der Waals surface area contributed by atoms with Gasteiger partial charge in [0.2, 0.25) is 11.8 Å². The van der Waals surface area contributed by atoms with Crippen molar-refractivity contribution < 1.29 is 23.8 Å². The number of carbonyl (C=O) groups excluding carboxylic acids is 2. The van der Waals surface area contributed by atoms with Crippen LogP contribution in [0.15, 0.2) is 133 Å². The molecule has 1 atom stereocenters. The first-order chi connectivity index (χ1) is 25.6.